The number of rotatable bonds is 3. The van der Waals surface area contributed by atoms with Gasteiger partial charge in [0, 0.05) is 24.7 Å². The first kappa shape index (κ1) is 13.4. The molecule has 1 heterocycles. The topological polar surface area (TPSA) is 59.5 Å². The molecular formula is C17H16N2O2. The van der Waals surface area contributed by atoms with Crippen LogP contribution in [0.15, 0.2) is 59.0 Å². The Kier molecular flexibility index (Phi) is 3.46. The molecule has 0 aliphatic heterocycles. The zero-order chi connectivity index (χ0) is 14.8. The Bertz CT molecular complexity index is 759. The second-order valence-electron chi connectivity index (χ2n) is 4.85. The molecule has 0 bridgehead atoms. The van der Waals surface area contributed by atoms with Crippen LogP contribution in [0.25, 0.3) is 11.0 Å². The van der Waals surface area contributed by atoms with E-state index in [1.54, 1.807) is 18.0 Å². The molecule has 0 saturated heterocycles. The highest BCUT2D eigenvalue weighted by molar-refractivity contribution is 6.06. The Morgan fingerprint density at radius 1 is 1.14 bits per heavy atom. The van der Waals surface area contributed by atoms with E-state index in [0.29, 0.717) is 17.9 Å². The molecule has 0 aliphatic carbocycles. The lowest BCUT2D eigenvalue weighted by molar-refractivity contribution is 0.0968. The zero-order valence-electron chi connectivity index (χ0n) is 11.7. The SMILES string of the molecule is CN(C(=O)c1cc2ccccc2o1)c1ccccc1CN. The Hall–Kier alpha value is -2.59. The third-order valence-electron chi connectivity index (χ3n) is 3.51. The van der Waals surface area contributed by atoms with E-state index in [9.17, 15) is 4.79 Å². The molecule has 4 heteroatoms. The number of furan rings is 1. The molecule has 3 rings (SSSR count). The molecule has 106 valence electrons. The Balaban J connectivity index is 1.97. The Morgan fingerprint density at radius 2 is 1.86 bits per heavy atom. The Morgan fingerprint density at radius 3 is 2.62 bits per heavy atom. The van der Waals surface area contributed by atoms with Crippen LogP contribution in [0.1, 0.15) is 16.1 Å². The van der Waals surface area contributed by atoms with E-state index in [4.69, 9.17) is 10.2 Å². The molecule has 0 atom stereocenters. The van der Waals surface area contributed by atoms with Gasteiger partial charge in [-0.3, -0.25) is 4.79 Å². The minimum absolute atomic E-state index is 0.188. The highest BCUT2D eigenvalue weighted by Crippen LogP contribution is 2.24. The van der Waals surface area contributed by atoms with Crippen LogP contribution in [0, 0.1) is 0 Å². The summed E-state index contributed by atoms with van der Waals surface area (Å²) in [5.41, 5.74) is 8.15. The second-order valence-corrected chi connectivity index (χ2v) is 4.85. The number of anilines is 1. The van der Waals surface area contributed by atoms with Crippen molar-refractivity contribution in [2.75, 3.05) is 11.9 Å². The summed E-state index contributed by atoms with van der Waals surface area (Å²) in [6.45, 7) is 0.383. The van der Waals surface area contributed by atoms with Gasteiger partial charge in [-0.25, -0.2) is 0 Å². The minimum Gasteiger partial charge on any atom is -0.451 e. The third kappa shape index (κ3) is 2.41. The molecule has 3 aromatic rings. The number of para-hydroxylation sites is 2. The third-order valence-corrected chi connectivity index (χ3v) is 3.51. The van der Waals surface area contributed by atoms with Gasteiger partial charge >= 0.3 is 0 Å². The van der Waals surface area contributed by atoms with Gasteiger partial charge in [-0.2, -0.15) is 0 Å². The molecular weight excluding hydrogens is 264 g/mol. The van der Waals surface area contributed by atoms with Crippen molar-refractivity contribution in [3.63, 3.8) is 0 Å². The van der Waals surface area contributed by atoms with Crippen molar-refractivity contribution in [1.82, 2.24) is 0 Å². The standard InChI is InChI=1S/C17H16N2O2/c1-19(14-8-4-2-7-13(14)11-18)17(20)16-10-12-6-3-5-9-15(12)21-16/h2-10H,11,18H2,1H3. The van der Waals surface area contributed by atoms with Gasteiger partial charge in [0.2, 0.25) is 0 Å². The van der Waals surface area contributed by atoms with Crippen LogP contribution in [0.2, 0.25) is 0 Å². The number of nitrogens with two attached hydrogens (primary N) is 1. The van der Waals surface area contributed by atoms with E-state index in [2.05, 4.69) is 0 Å². The zero-order valence-corrected chi connectivity index (χ0v) is 11.7. The number of fused-ring (bicyclic) bond motifs is 1. The number of carbonyl (C=O) groups is 1. The molecule has 4 nitrogen and oxygen atoms in total. The highest BCUT2D eigenvalue weighted by Gasteiger charge is 2.19. The lowest BCUT2D eigenvalue weighted by atomic mass is 10.1. The van der Waals surface area contributed by atoms with Crippen molar-refractivity contribution in [2.24, 2.45) is 5.73 Å². The predicted molar refractivity (Wildman–Crippen MR) is 83.3 cm³/mol. The molecule has 1 aromatic heterocycles. The molecule has 1 amide bonds. The number of amides is 1. The fraction of sp³-hybridized carbons (Fsp3) is 0.118. The predicted octanol–water partition coefficient (Wildman–Crippen LogP) is 3.17. The van der Waals surface area contributed by atoms with Crippen LogP contribution in [0.3, 0.4) is 0 Å². The first-order chi connectivity index (χ1) is 10.2. The lowest BCUT2D eigenvalue weighted by Gasteiger charge is -2.19. The van der Waals surface area contributed by atoms with Crippen molar-refractivity contribution in [3.8, 4) is 0 Å². The fourth-order valence-corrected chi connectivity index (χ4v) is 2.37. The number of nitrogens with zero attached hydrogens (tertiary/aromatic N) is 1. The van der Waals surface area contributed by atoms with Crippen LogP contribution < -0.4 is 10.6 Å². The van der Waals surface area contributed by atoms with Crippen molar-refractivity contribution >= 4 is 22.6 Å². The van der Waals surface area contributed by atoms with Gasteiger partial charge in [0.05, 0.1) is 0 Å². The highest BCUT2D eigenvalue weighted by atomic mass is 16.3. The van der Waals surface area contributed by atoms with Crippen molar-refractivity contribution < 1.29 is 9.21 Å². The molecule has 2 N–H and O–H groups in total. The second kappa shape index (κ2) is 5.42. The maximum absolute atomic E-state index is 12.6. The average molecular weight is 280 g/mol. The van der Waals surface area contributed by atoms with Crippen LogP contribution in [0.4, 0.5) is 5.69 Å². The van der Waals surface area contributed by atoms with Gasteiger partial charge < -0.3 is 15.1 Å². The number of benzene rings is 2. The largest absolute Gasteiger partial charge is 0.451 e. The molecule has 0 spiro atoms. The summed E-state index contributed by atoms with van der Waals surface area (Å²) >= 11 is 0. The van der Waals surface area contributed by atoms with E-state index in [1.807, 2.05) is 48.5 Å². The molecule has 0 fully saturated rings. The fourth-order valence-electron chi connectivity index (χ4n) is 2.37. The maximum atomic E-state index is 12.6. The number of carbonyl (C=O) groups excluding carboxylic acids is 1. The van der Waals surface area contributed by atoms with Gasteiger partial charge in [0.1, 0.15) is 5.58 Å². The molecule has 21 heavy (non-hydrogen) atoms. The normalized spacial score (nSPS) is 10.8. The van der Waals surface area contributed by atoms with E-state index in [-0.39, 0.29) is 5.91 Å². The van der Waals surface area contributed by atoms with Crippen LogP contribution in [0.5, 0.6) is 0 Å². The van der Waals surface area contributed by atoms with Gasteiger partial charge in [-0.1, -0.05) is 36.4 Å². The molecule has 2 aromatic carbocycles. The first-order valence-electron chi connectivity index (χ1n) is 6.75. The van der Waals surface area contributed by atoms with Crippen molar-refractivity contribution in [3.05, 3.63) is 65.9 Å². The summed E-state index contributed by atoms with van der Waals surface area (Å²) in [7, 11) is 1.73. The van der Waals surface area contributed by atoms with Crippen LogP contribution in [-0.2, 0) is 6.54 Å². The summed E-state index contributed by atoms with van der Waals surface area (Å²) in [5.74, 6) is 0.137. The average Bonchev–Trinajstić information content (AvgIpc) is 2.97. The summed E-state index contributed by atoms with van der Waals surface area (Å²) < 4.78 is 5.62. The summed E-state index contributed by atoms with van der Waals surface area (Å²) in [6.07, 6.45) is 0. The van der Waals surface area contributed by atoms with E-state index in [1.165, 1.54) is 0 Å². The monoisotopic (exact) mass is 280 g/mol. The van der Waals surface area contributed by atoms with E-state index < -0.39 is 0 Å². The summed E-state index contributed by atoms with van der Waals surface area (Å²) in [4.78, 5) is 14.1. The summed E-state index contributed by atoms with van der Waals surface area (Å²) in [5, 5.41) is 0.918. The van der Waals surface area contributed by atoms with Gasteiger partial charge in [0.15, 0.2) is 5.76 Å². The maximum Gasteiger partial charge on any atom is 0.293 e. The van der Waals surface area contributed by atoms with Crippen LogP contribution >= 0.6 is 0 Å². The van der Waals surface area contributed by atoms with E-state index >= 15 is 0 Å². The minimum atomic E-state index is -0.188. The van der Waals surface area contributed by atoms with Crippen molar-refractivity contribution in [1.29, 1.82) is 0 Å². The molecule has 0 unspecified atom stereocenters. The summed E-state index contributed by atoms with van der Waals surface area (Å²) in [6, 6.07) is 16.9. The molecule has 0 aliphatic rings. The number of hydrogen-bond donors (Lipinski definition) is 1. The van der Waals surface area contributed by atoms with E-state index in [0.717, 1.165) is 16.6 Å². The van der Waals surface area contributed by atoms with Gasteiger partial charge in [-0.15, -0.1) is 0 Å². The first-order valence-corrected chi connectivity index (χ1v) is 6.75. The molecule has 0 saturated carbocycles. The van der Waals surface area contributed by atoms with Gasteiger partial charge in [-0.05, 0) is 23.8 Å². The molecule has 0 radical (unpaired) electrons. The smallest absolute Gasteiger partial charge is 0.293 e. The number of hydrogen-bond acceptors (Lipinski definition) is 3. The van der Waals surface area contributed by atoms with Crippen molar-refractivity contribution in [2.45, 2.75) is 6.54 Å². The quantitative estimate of drug-likeness (QED) is 0.801. The lowest BCUT2D eigenvalue weighted by Crippen LogP contribution is -2.27. The Labute approximate surface area is 122 Å². The van der Waals surface area contributed by atoms with Gasteiger partial charge in [0.25, 0.3) is 5.91 Å². The van der Waals surface area contributed by atoms with Crippen LogP contribution in [-0.4, -0.2) is 13.0 Å².